The highest BCUT2D eigenvalue weighted by atomic mass is 35.5. The van der Waals surface area contributed by atoms with Gasteiger partial charge < -0.3 is 15.7 Å². The number of rotatable bonds is 5. The highest BCUT2D eigenvalue weighted by molar-refractivity contribution is 6.30. The molecule has 0 bridgehead atoms. The van der Waals surface area contributed by atoms with Crippen molar-refractivity contribution in [2.75, 3.05) is 18.1 Å². The number of hydrogen-bond acceptors (Lipinski definition) is 3. The normalized spacial score (nSPS) is 15.2. The third-order valence-corrected chi connectivity index (χ3v) is 3.13. The smallest absolute Gasteiger partial charge is 0.0606 e. The summed E-state index contributed by atoms with van der Waals surface area (Å²) in [4.78, 5) is 2.23. The molecule has 3 N–H and O–H groups in total. The van der Waals surface area contributed by atoms with Crippen molar-refractivity contribution in [3.05, 3.63) is 28.8 Å². The van der Waals surface area contributed by atoms with Gasteiger partial charge in [0.15, 0.2) is 0 Å². The van der Waals surface area contributed by atoms with Crippen molar-refractivity contribution < 1.29 is 5.11 Å². The van der Waals surface area contributed by atoms with E-state index in [1.165, 1.54) is 12.8 Å². The average molecular weight is 241 g/mol. The second-order valence-corrected chi connectivity index (χ2v) is 4.56. The lowest BCUT2D eigenvalue weighted by Gasteiger charge is -2.26. The van der Waals surface area contributed by atoms with E-state index in [-0.39, 0.29) is 6.61 Å². The van der Waals surface area contributed by atoms with Gasteiger partial charge in [-0.25, -0.2) is 0 Å². The molecule has 1 aromatic rings. The largest absolute Gasteiger partial charge is 0.395 e. The van der Waals surface area contributed by atoms with Gasteiger partial charge in [-0.3, -0.25) is 0 Å². The van der Waals surface area contributed by atoms with Gasteiger partial charge in [0.25, 0.3) is 0 Å². The first kappa shape index (κ1) is 11.7. The molecule has 1 saturated carbocycles. The van der Waals surface area contributed by atoms with E-state index in [0.29, 0.717) is 24.2 Å². The quantitative estimate of drug-likeness (QED) is 0.825. The van der Waals surface area contributed by atoms with Crippen LogP contribution in [0.1, 0.15) is 18.4 Å². The molecule has 0 saturated heterocycles. The summed E-state index contributed by atoms with van der Waals surface area (Å²) >= 11 is 5.95. The summed E-state index contributed by atoms with van der Waals surface area (Å²) < 4.78 is 0. The van der Waals surface area contributed by atoms with Crippen LogP contribution < -0.4 is 10.6 Å². The van der Waals surface area contributed by atoms with Crippen LogP contribution >= 0.6 is 11.6 Å². The Morgan fingerprint density at radius 2 is 2.19 bits per heavy atom. The van der Waals surface area contributed by atoms with Crippen molar-refractivity contribution in [1.82, 2.24) is 0 Å². The summed E-state index contributed by atoms with van der Waals surface area (Å²) in [5.74, 6) is 0. The molecule has 0 unspecified atom stereocenters. The number of halogens is 1. The molecule has 0 atom stereocenters. The maximum absolute atomic E-state index is 9.09. The Morgan fingerprint density at radius 3 is 2.75 bits per heavy atom. The summed E-state index contributed by atoms with van der Waals surface area (Å²) in [6, 6.07) is 6.35. The number of aliphatic hydroxyl groups excluding tert-OH is 1. The summed E-state index contributed by atoms with van der Waals surface area (Å²) in [5, 5.41) is 9.81. The zero-order chi connectivity index (χ0) is 11.5. The Morgan fingerprint density at radius 1 is 1.44 bits per heavy atom. The van der Waals surface area contributed by atoms with E-state index in [1.54, 1.807) is 0 Å². The van der Waals surface area contributed by atoms with Crippen LogP contribution in [0.2, 0.25) is 5.02 Å². The van der Waals surface area contributed by atoms with Gasteiger partial charge in [0.05, 0.1) is 6.61 Å². The molecule has 2 rings (SSSR count). The van der Waals surface area contributed by atoms with E-state index in [9.17, 15) is 0 Å². The van der Waals surface area contributed by atoms with Crippen molar-refractivity contribution in [2.24, 2.45) is 5.73 Å². The number of aliphatic hydroxyl groups is 1. The van der Waals surface area contributed by atoms with Crippen LogP contribution in [0.25, 0.3) is 0 Å². The molecule has 0 amide bonds. The SMILES string of the molecule is NCc1cc(Cl)ccc1N(CCO)C1CC1. The van der Waals surface area contributed by atoms with Gasteiger partial charge in [-0.1, -0.05) is 11.6 Å². The molecule has 0 aliphatic heterocycles. The lowest BCUT2D eigenvalue weighted by Crippen LogP contribution is -2.30. The van der Waals surface area contributed by atoms with Gasteiger partial charge in [0, 0.05) is 29.8 Å². The predicted octanol–water partition coefficient (Wildman–Crippen LogP) is 1.76. The van der Waals surface area contributed by atoms with Crippen molar-refractivity contribution in [2.45, 2.75) is 25.4 Å². The molecule has 0 heterocycles. The van der Waals surface area contributed by atoms with Gasteiger partial charge in [0.1, 0.15) is 0 Å². The molecular formula is C12H17ClN2O. The first-order valence-electron chi connectivity index (χ1n) is 5.62. The number of nitrogens with two attached hydrogens (primary N) is 1. The highest BCUT2D eigenvalue weighted by Crippen LogP contribution is 2.34. The Kier molecular flexibility index (Phi) is 3.69. The van der Waals surface area contributed by atoms with Gasteiger partial charge >= 0.3 is 0 Å². The fourth-order valence-corrected chi connectivity index (χ4v) is 2.19. The summed E-state index contributed by atoms with van der Waals surface area (Å²) in [5.41, 5.74) is 7.89. The van der Waals surface area contributed by atoms with Gasteiger partial charge in [0.2, 0.25) is 0 Å². The Hall–Kier alpha value is -0.770. The minimum atomic E-state index is 0.170. The fourth-order valence-electron chi connectivity index (χ4n) is 1.99. The lowest BCUT2D eigenvalue weighted by molar-refractivity contribution is 0.301. The molecule has 1 aromatic carbocycles. The van der Waals surface area contributed by atoms with Crippen molar-refractivity contribution in [1.29, 1.82) is 0 Å². The van der Waals surface area contributed by atoms with Crippen molar-refractivity contribution in [3.8, 4) is 0 Å². The minimum Gasteiger partial charge on any atom is -0.395 e. The van der Waals surface area contributed by atoms with Crippen LogP contribution in [0.4, 0.5) is 5.69 Å². The van der Waals surface area contributed by atoms with Gasteiger partial charge in [-0.2, -0.15) is 0 Å². The molecule has 0 spiro atoms. The standard InChI is InChI=1S/C12H17ClN2O/c13-10-1-4-12(9(7-10)8-14)15(5-6-16)11-2-3-11/h1,4,7,11,16H,2-3,5-6,8,14H2. The second-order valence-electron chi connectivity index (χ2n) is 4.13. The van der Waals surface area contributed by atoms with E-state index in [0.717, 1.165) is 11.3 Å². The van der Waals surface area contributed by atoms with Crippen LogP contribution in [-0.4, -0.2) is 24.3 Å². The van der Waals surface area contributed by atoms with Crippen LogP contribution in [0.5, 0.6) is 0 Å². The molecule has 1 aliphatic carbocycles. The number of anilines is 1. The number of nitrogens with zero attached hydrogens (tertiary/aromatic N) is 1. The topological polar surface area (TPSA) is 49.5 Å². The first-order valence-corrected chi connectivity index (χ1v) is 6.00. The molecule has 1 fully saturated rings. The molecule has 3 nitrogen and oxygen atoms in total. The van der Waals surface area contributed by atoms with Gasteiger partial charge in [-0.15, -0.1) is 0 Å². The molecule has 1 aliphatic rings. The van der Waals surface area contributed by atoms with E-state index in [1.807, 2.05) is 18.2 Å². The van der Waals surface area contributed by atoms with Crippen molar-refractivity contribution in [3.63, 3.8) is 0 Å². The van der Waals surface area contributed by atoms with Crippen LogP contribution in [0, 0.1) is 0 Å². The fraction of sp³-hybridized carbons (Fsp3) is 0.500. The predicted molar refractivity (Wildman–Crippen MR) is 66.8 cm³/mol. The Labute approximate surface area is 101 Å². The van der Waals surface area contributed by atoms with E-state index in [4.69, 9.17) is 22.4 Å². The minimum absolute atomic E-state index is 0.170. The third-order valence-electron chi connectivity index (χ3n) is 2.90. The summed E-state index contributed by atoms with van der Waals surface area (Å²) in [6.45, 7) is 1.31. The maximum Gasteiger partial charge on any atom is 0.0606 e. The molecular weight excluding hydrogens is 224 g/mol. The van der Waals surface area contributed by atoms with Crippen molar-refractivity contribution >= 4 is 17.3 Å². The molecule has 0 radical (unpaired) electrons. The van der Waals surface area contributed by atoms with Crippen LogP contribution in [0.15, 0.2) is 18.2 Å². The zero-order valence-corrected chi connectivity index (χ0v) is 9.95. The second kappa shape index (κ2) is 5.04. The van der Waals surface area contributed by atoms with Crippen LogP contribution in [-0.2, 0) is 6.54 Å². The average Bonchev–Trinajstić information content (AvgIpc) is 3.10. The van der Waals surface area contributed by atoms with E-state index >= 15 is 0 Å². The lowest BCUT2D eigenvalue weighted by atomic mass is 10.1. The summed E-state index contributed by atoms with van der Waals surface area (Å²) in [6.07, 6.45) is 2.40. The molecule has 4 heteroatoms. The number of benzene rings is 1. The molecule has 0 aromatic heterocycles. The molecule has 16 heavy (non-hydrogen) atoms. The van der Waals surface area contributed by atoms with Crippen LogP contribution in [0.3, 0.4) is 0 Å². The van der Waals surface area contributed by atoms with E-state index < -0.39 is 0 Å². The maximum atomic E-state index is 9.09. The first-order chi connectivity index (χ1) is 7.76. The highest BCUT2D eigenvalue weighted by Gasteiger charge is 2.29. The monoisotopic (exact) mass is 240 g/mol. The summed E-state index contributed by atoms with van der Waals surface area (Å²) in [7, 11) is 0. The van der Waals surface area contributed by atoms with Gasteiger partial charge in [-0.05, 0) is 36.6 Å². The van der Waals surface area contributed by atoms with E-state index in [2.05, 4.69) is 4.90 Å². The zero-order valence-electron chi connectivity index (χ0n) is 9.19. The number of hydrogen-bond donors (Lipinski definition) is 2. The third kappa shape index (κ3) is 2.48. The molecule has 88 valence electrons. The Bertz CT molecular complexity index is 366. The Balaban J connectivity index is 2.28.